The predicted molar refractivity (Wildman–Crippen MR) is 71.5 cm³/mol. The molecule has 1 aliphatic rings. The van der Waals surface area contributed by atoms with Gasteiger partial charge in [0.25, 0.3) is 0 Å². The number of hydrogen-bond donors (Lipinski definition) is 2. The molecule has 2 nitrogen and oxygen atoms in total. The van der Waals surface area contributed by atoms with E-state index in [2.05, 4.69) is 45.1 Å². The van der Waals surface area contributed by atoms with E-state index in [0.717, 1.165) is 24.1 Å². The molecule has 0 saturated carbocycles. The molecule has 0 aliphatic carbocycles. The number of rotatable bonds is 2. The van der Waals surface area contributed by atoms with Crippen LogP contribution in [0.1, 0.15) is 56.2 Å². The summed E-state index contributed by atoms with van der Waals surface area (Å²) >= 11 is 0. The molecular weight excluding hydrogens is 210 g/mol. The molecule has 1 fully saturated rings. The van der Waals surface area contributed by atoms with Crippen LogP contribution in [-0.2, 0) is 5.54 Å². The van der Waals surface area contributed by atoms with E-state index in [-0.39, 0.29) is 5.54 Å². The van der Waals surface area contributed by atoms with E-state index in [0.29, 0.717) is 11.7 Å². The maximum Gasteiger partial charge on any atom is 0.124 e. The lowest BCUT2D eigenvalue weighted by Gasteiger charge is -2.29. The quantitative estimate of drug-likeness (QED) is 0.820. The van der Waals surface area contributed by atoms with Gasteiger partial charge in [0.2, 0.25) is 0 Å². The van der Waals surface area contributed by atoms with E-state index >= 15 is 0 Å². The van der Waals surface area contributed by atoms with Gasteiger partial charge in [-0.3, -0.25) is 0 Å². The lowest BCUT2D eigenvalue weighted by Crippen LogP contribution is -2.34. The van der Waals surface area contributed by atoms with Crippen molar-refractivity contribution in [3.63, 3.8) is 0 Å². The molecule has 1 heterocycles. The van der Waals surface area contributed by atoms with Crippen molar-refractivity contribution in [2.75, 3.05) is 6.54 Å². The van der Waals surface area contributed by atoms with Crippen LogP contribution < -0.4 is 5.32 Å². The molecule has 2 rings (SSSR count). The fraction of sp³-hybridized carbons (Fsp3) is 0.600. The summed E-state index contributed by atoms with van der Waals surface area (Å²) < 4.78 is 0. The Hall–Kier alpha value is -1.02. The minimum atomic E-state index is -0.0565. The van der Waals surface area contributed by atoms with E-state index in [4.69, 9.17) is 0 Å². The first-order chi connectivity index (χ1) is 7.96. The average Bonchev–Trinajstić information content (AvgIpc) is 2.65. The molecule has 0 radical (unpaired) electrons. The molecule has 0 spiro atoms. The van der Waals surface area contributed by atoms with Crippen LogP contribution in [0.4, 0.5) is 0 Å². The monoisotopic (exact) mass is 233 g/mol. The summed E-state index contributed by atoms with van der Waals surface area (Å²) in [6.07, 6.45) is 2.28. The number of hydrogen-bond acceptors (Lipinski definition) is 2. The van der Waals surface area contributed by atoms with Crippen LogP contribution in [0.25, 0.3) is 0 Å². The molecule has 2 heteroatoms. The first kappa shape index (κ1) is 12.4. The Morgan fingerprint density at radius 3 is 2.59 bits per heavy atom. The molecule has 0 amide bonds. The summed E-state index contributed by atoms with van der Waals surface area (Å²) in [5, 5.41) is 14.1. The third kappa shape index (κ3) is 2.06. The van der Waals surface area contributed by atoms with Gasteiger partial charge < -0.3 is 10.4 Å². The Balaban J connectivity index is 2.56. The Morgan fingerprint density at radius 2 is 2.06 bits per heavy atom. The lowest BCUT2D eigenvalue weighted by atomic mass is 9.83. The van der Waals surface area contributed by atoms with Crippen molar-refractivity contribution in [2.45, 2.75) is 52.0 Å². The van der Waals surface area contributed by atoms with Gasteiger partial charge in [0.1, 0.15) is 5.75 Å². The number of phenols is 1. The Morgan fingerprint density at radius 1 is 1.35 bits per heavy atom. The predicted octanol–water partition coefficient (Wildman–Crippen LogP) is 3.42. The van der Waals surface area contributed by atoms with Crippen LogP contribution in [0.3, 0.4) is 0 Å². The van der Waals surface area contributed by atoms with Crippen molar-refractivity contribution in [1.29, 1.82) is 0 Å². The van der Waals surface area contributed by atoms with Crippen LogP contribution in [0.5, 0.6) is 5.75 Å². The number of aryl methyl sites for hydroxylation is 1. The number of phenolic OH excluding ortho intramolecular Hbond substituents is 1. The molecule has 1 saturated heterocycles. The molecule has 2 N–H and O–H groups in total. The van der Waals surface area contributed by atoms with Crippen molar-refractivity contribution in [3.05, 3.63) is 28.8 Å². The highest BCUT2D eigenvalue weighted by Crippen LogP contribution is 2.41. The number of nitrogens with one attached hydrogen (secondary N) is 1. The topological polar surface area (TPSA) is 32.3 Å². The maximum atomic E-state index is 10.5. The van der Waals surface area contributed by atoms with Gasteiger partial charge in [-0.25, -0.2) is 0 Å². The molecule has 1 aromatic rings. The molecule has 0 bridgehead atoms. The minimum absolute atomic E-state index is 0.0565. The third-order valence-electron chi connectivity index (χ3n) is 3.96. The van der Waals surface area contributed by atoms with E-state index in [1.54, 1.807) is 0 Å². The Kier molecular flexibility index (Phi) is 3.17. The smallest absolute Gasteiger partial charge is 0.124 e. The SMILES string of the molecule is Cc1ccc(C(C)C)c(O)c1C1(C)CCCN1. The second-order valence-corrected chi connectivity index (χ2v) is 5.71. The van der Waals surface area contributed by atoms with Crippen LogP contribution >= 0.6 is 0 Å². The van der Waals surface area contributed by atoms with Crippen LogP contribution in [0, 0.1) is 6.92 Å². The van der Waals surface area contributed by atoms with Gasteiger partial charge in [0.15, 0.2) is 0 Å². The lowest BCUT2D eigenvalue weighted by molar-refractivity contribution is 0.388. The first-order valence-electron chi connectivity index (χ1n) is 6.53. The zero-order valence-electron chi connectivity index (χ0n) is 11.3. The highest BCUT2D eigenvalue weighted by Gasteiger charge is 2.34. The second-order valence-electron chi connectivity index (χ2n) is 5.71. The van der Waals surface area contributed by atoms with Gasteiger partial charge in [-0.1, -0.05) is 26.0 Å². The summed E-state index contributed by atoms with van der Waals surface area (Å²) in [6, 6.07) is 4.19. The molecule has 1 aromatic carbocycles. The van der Waals surface area contributed by atoms with Crippen LogP contribution in [-0.4, -0.2) is 11.7 Å². The third-order valence-corrected chi connectivity index (χ3v) is 3.96. The largest absolute Gasteiger partial charge is 0.507 e. The van der Waals surface area contributed by atoms with Crippen LogP contribution in [0.15, 0.2) is 12.1 Å². The summed E-state index contributed by atoms with van der Waals surface area (Å²) in [6.45, 7) is 9.58. The van der Waals surface area contributed by atoms with E-state index in [1.807, 2.05) is 0 Å². The zero-order valence-corrected chi connectivity index (χ0v) is 11.3. The van der Waals surface area contributed by atoms with Gasteiger partial charge in [0, 0.05) is 11.1 Å². The molecule has 1 aliphatic heterocycles. The number of aromatic hydroxyl groups is 1. The van der Waals surface area contributed by atoms with E-state index in [9.17, 15) is 5.11 Å². The second kappa shape index (κ2) is 4.34. The molecule has 1 atom stereocenters. The molecule has 94 valence electrons. The van der Waals surface area contributed by atoms with Gasteiger partial charge in [-0.05, 0) is 50.3 Å². The normalized spacial score (nSPS) is 24.5. The zero-order chi connectivity index (χ0) is 12.6. The fourth-order valence-electron chi connectivity index (χ4n) is 2.98. The highest BCUT2D eigenvalue weighted by atomic mass is 16.3. The molecule has 1 unspecified atom stereocenters. The summed E-state index contributed by atoms with van der Waals surface area (Å²) in [4.78, 5) is 0. The van der Waals surface area contributed by atoms with E-state index in [1.165, 1.54) is 12.0 Å². The summed E-state index contributed by atoms with van der Waals surface area (Å²) in [5.74, 6) is 0.858. The molecule has 0 aromatic heterocycles. The van der Waals surface area contributed by atoms with Crippen molar-refractivity contribution >= 4 is 0 Å². The first-order valence-corrected chi connectivity index (χ1v) is 6.53. The van der Waals surface area contributed by atoms with Crippen LogP contribution in [0.2, 0.25) is 0 Å². The van der Waals surface area contributed by atoms with Gasteiger partial charge in [-0.2, -0.15) is 0 Å². The van der Waals surface area contributed by atoms with Crippen molar-refractivity contribution in [1.82, 2.24) is 5.32 Å². The Bertz CT molecular complexity index is 417. The molecular formula is C15H23NO. The van der Waals surface area contributed by atoms with E-state index < -0.39 is 0 Å². The van der Waals surface area contributed by atoms with Gasteiger partial charge in [0.05, 0.1) is 0 Å². The number of benzene rings is 1. The van der Waals surface area contributed by atoms with Gasteiger partial charge in [-0.15, -0.1) is 0 Å². The Labute approximate surface area is 104 Å². The standard InChI is InChI=1S/C15H23NO/c1-10(2)12-7-6-11(3)13(14(12)17)15(4)8-5-9-16-15/h6-7,10,16-17H,5,8-9H2,1-4H3. The fourth-order valence-corrected chi connectivity index (χ4v) is 2.98. The summed E-state index contributed by atoms with van der Waals surface area (Å²) in [7, 11) is 0. The molecule has 17 heavy (non-hydrogen) atoms. The maximum absolute atomic E-state index is 10.5. The van der Waals surface area contributed by atoms with Gasteiger partial charge >= 0.3 is 0 Å². The average molecular weight is 233 g/mol. The summed E-state index contributed by atoms with van der Waals surface area (Å²) in [5.41, 5.74) is 3.28. The van der Waals surface area contributed by atoms with Crippen molar-refractivity contribution in [3.8, 4) is 5.75 Å². The minimum Gasteiger partial charge on any atom is -0.507 e. The van der Waals surface area contributed by atoms with Crippen molar-refractivity contribution in [2.24, 2.45) is 0 Å². The highest BCUT2D eigenvalue weighted by molar-refractivity contribution is 5.50. The van der Waals surface area contributed by atoms with Crippen molar-refractivity contribution < 1.29 is 5.11 Å².